The van der Waals surface area contributed by atoms with E-state index in [0.29, 0.717) is 18.2 Å². The topological polar surface area (TPSA) is 75.1 Å². The summed E-state index contributed by atoms with van der Waals surface area (Å²) in [6.07, 6.45) is 1.33. The van der Waals surface area contributed by atoms with Gasteiger partial charge in [-0.1, -0.05) is 0 Å². The highest BCUT2D eigenvalue weighted by atomic mass is 32.1. The zero-order chi connectivity index (χ0) is 13.1. The largest absolute Gasteiger partial charge is 0.478 e. The number of anilines is 1. The molecule has 0 aromatic carbocycles. The lowest BCUT2D eigenvalue weighted by atomic mass is 10.2. The normalized spacial score (nSPS) is 10.3. The maximum atomic E-state index is 10.8. The van der Waals surface area contributed by atoms with Gasteiger partial charge in [-0.3, -0.25) is 0 Å². The molecule has 0 saturated heterocycles. The molecule has 2 N–H and O–H groups in total. The Balaban J connectivity index is 2.09. The summed E-state index contributed by atoms with van der Waals surface area (Å²) in [6.45, 7) is 4.36. The fraction of sp³-hybridized carbons (Fsp3) is 0.250. The minimum atomic E-state index is -1.01. The van der Waals surface area contributed by atoms with E-state index in [9.17, 15) is 4.79 Å². The van der Waals surface area contributed by atoms with Crippen LogP contribution in [0.3, 0.4) is 0 Å². The van der Waals surface area contributed by atoms with Gasteiger partial charge in [-0.15, -0.1) is 11.3 Å². The van der Waals surface area contributed by atoms with E-state index < -0.39 is 5.97 Å². The van der Waals surface area contributed by atoms with Crippen LogP contribution >= 0.6 is 11.3 Å². The van der Waals surface area contributed by atoms with Crippen molar-refractivity contribution in [1.82, 2.24) is 9.97 Å². The van der Waals surface area contributed by atoms with Crippen molar-refractivity contribution >= 4 is 23.3 Å². The van der Waals surface area contributed by atoms with E-state index in [1.165, 1.54) is 16.6 Å². The quantitative estimate of drug-likeness (QED) is 0.886. The highest BCUT2D eigenvalue weighted by Gasteiger charge is 2.09. The standard InChI is InChI=1S/C12H13N3O2S/c1-7-3-4-18-10(7)6-14-12-13-5-9(11(16)17)8(2)15-12/h3-5H,6H2,1-2H3,(H,16,17)(H,13,14,15). The zero-order valence-electron chi connectivity index (χ0n) is 10.1. The van der Waals surface area contributed by atoms with Crippen molar-refractivity contribution < 1.29 is 9.90 Å². The molecule has 0 unspecified atom stereocenters. The van der Waals surface area contributed by atoms with Crippen molar-refractivity contribution in [1.29, 1.82) is 0 Å². The minimum Gasteiger partial charge on any atom is -0.478 e. The molecule has 0 saturated carbocycles. The fourth-order valence-corrected chi connectivity index (χ4v) is 2.35. The number of carboxylic acids is 1. The molecule has 2 heterocycles. The summed E-state index contributed by atoms with van der Waals surface area (Å²) in [5, 5.41) is 14.0. The lowest BCUT2D eigenvalue weighted by Gasteiger charge is -2.06. The molecule has 0 radical (unpaired) electrons. The van der Waals surface area contributed by atoms with Crippen LogP contribution in [0.15, 0.2) is 17.6 Å². The molecule has 0 amide bonds. The van der Waals surface area contributed by atoms with Gasteiger partial charge in [-0.05, 0) is 30.9 Å². The zero-order valence-corrected chi connectivity index (χ0v) is 10.9. The Morgan fingerprint density at radius 3 is 2.83 bits per heavy atom. The van der Waals surface area contributed by atoms with Crippen molar-refractivity contribution in [2.75, 3.05) is 5.32 Å². The second-order valence-corrected chi connectivity index (χ2v) is 4.88. The molecule has 0 spiro atoms. The van der Waals surface area contributed by atoms with Crippen LogP contribution in [0.25, 0.3) is 0 Å². The first-order chi connectivity index (χ1) is 8.58. The molecule has 94 valence electrons. The average Bonchev–Trinajstić information content (AvgIpc) is 2.72. The van der Waals surface area contributed by atoms with Crippen LogP contribution in [0.4, 0.5) is 5.95 Å². The predicted molar refractivity (Wildman–Crippen MR) is 70.1 cm³/mol. The molecule has 0 bridgehead atoms. The summed E-state index contributed by atoms with van der Waals surface area (Å²) in [4.78, 5) is 20.2. The Labute approximate surface area is 109 Å². The molecule has 0 fully saturated rings. The van der Waals surface area contributed by atoms with Crippen LogP contribution < -0.4 is 5.32 Å². The molecule has 2 aromatic heterocycles. The molecule has 0 aliphatic carbocycles. The first-order valence-corrected chi connectivity index (χ1v) is 6.29. The molecule has 0 aliphatic heterocycles. The molecular formula is C12H13N3O2S. The number of hydrogen-bond donors (Lipinski definition) is 2. The lowest BCUT2D eigenvalue weighted by molar-refractivity contribution is 0.0695. The number of nitrogens with one attached hydrogen (secondary N) is 1. The van der Waals surface area contributed by atoms with Gasteiger partial charge < -0.3 is 10.4 Å². The van der Waals surface area contributed by atoms with Gasteiger partial charge in [0.25, 0.3) is 0 Å². The number of hydrogen-bond acceptors (Lipinski definition) is 5. The van der Waals surface area contributed by atoms with Gasteiger partial charge >= 0.3 is 5.97 Å². The second-order valence-electron chi connectivity index (χ2n) is 3.88. The maximum Gasteiger partial charge on any atom is 0.339 e. The summed E-state index contributed by atoms with van der Waals surface area (Å²) in [5.74, 6) is -0.557. The summed E-state index contributed by atoms with van der Waals surface area (Å²) < 4.78 is 0. The highest BCUT2D eigenvalue weighted by molar-refractivity contribution is 7.10. The summed E-state index contributed by atoms with van der Waals surface area (Å²) >= 11 is 1.67. The molecule has 2 aromatic rings. The van der Waals surface area contributed by atoms with Crippen molar-refractivity contribution in [2.45, 2.75) is 20.4 Å². The number of aromatic nitrogens is 2. The van der Waals surface area contributed by atoms with Gasteiger partial charge in [0.05, 0.1) is 17.8 Å². The Morgan fingerprint density at radius 1 is 1.50 bits per heavy atom. The molecular weight excluding hydrogens is 250 g/mol. The molecule has 0 atom stereocenters. The van der Waals surface area contributed by atoms with Crippen molar-refractivity contribution in [3.05, 3.63) is 39.3 Å². The van der Waals surface area contributed by atoms with E-state index >= 15 is 0 Å². The van der Waals surface area contributed by atoms with Gasteiger partial charge in [0.15, 0.2) is 0 Å². The van der Waals surface area contributed by atoms with Crippen molar-refractivity contribution in [2.24, 2.45) is 0 Å². The number of carboxylic acid groups (broad SMARTS) is 1. The molecule has 5 nitrogen and oxygen atoms in total. The second kappa shape index (κ2) is 5.14. The Hall–Kier alpha value is -1.95. The SMILES string of the molecule is Cc1ccsc1CNc1ncc(C(=O)O)c(C)n1. The summed E-state index contributed by atoms with van der Waals surface area (Å²) in [6, 6.07) is 2.06. The third-order valence-corrected chi connectivity index (χ3v) is 3.61. The fourth-order valence-electron chi connectivity index (χ4n) is 1.51. The van der Waals surface area contributed by atoms with Gasteiger partial charge in [0.2, 0.25) is 5.95 Å². The number of aromatic carboxylic acids is 1. The van der Waals surface area contributed by atoms with Gasteiger partial charge in [0.1, 0.15) is 0 Å². The number of rotatable bonds is 4. The third-order valence-electron chi connectivity index (χ3n) is 2.58. The van der Waals surface area contributed by atoms with E-state index in [4.69, 9.17) is 5.11 Å². The van der Waals surface area contributed by atoms with Crippen molar-refractivity contribution in [3.63, 3.8) is 0 Å². The van der Waals surface area contributed by atoms with Crippen molar-refractivity contribution in [3.8, 4) is 0 Å². The van der Waals surface area contributed by atoms with Crippen LogP contribution in [0.5, 0.6) is 0 Å². The number of aryl methyl sites for hydroxylation is 2. The lowest BCUT2D eigenvalue weighted by Crippen LogP contribution is -2.08. The maximum absolute atomic E-state index is 10.8. The number of carbonyl (C=O) groups is 1. The molecule has 18 heavy (non-hydrogen) atoms. The van der Waals surface area contributed by atoms with Crippen LogP contribution in [0, 0.1) is 13.8 Å². The minimum absolute atomic E-state index is 0.132. The molecule has 0 aliphatic rings. The smallest absolute Gasteiger partial charge is 0.339 e. The Bertz CT molecular complexity index is 580. The monoisotopic (exact) mass is 263 g/mol. The molecule has 2 rings (SSSR count). The first kappa shape index (κ1) is 12.5. The average molecular weight is 263 g/mol. The first-order valence-electron chi connectivity index (χ1n) is 5.41. The van der Waals surface area contributed by atoms with Crippen LogP contribution in [0.1, 0.15) is 26.5 Å². The van der Waals surface area contributed by atoms with E-state index in [2.05, 4.69) is 21.4 Å². The van der Waals surface area contributed by atoms with E-state index in [0.717, 1.165) is 0 Å². The molecule has 6 heteroatoms. The van der Waals surface area contributed by atoms with E-state index in [1.54, 1.807) is 18.3 Å². The third kappa shape index (κ3) is 2.65. The summed E-state index contributed by atoms with van der Waals surface area (Å²) in [5.41, 5.74) is 1.82. The Kier molecular flexibility index (Phi) is 3.57. The van der Waals surface area contributed by atoms with Gasteiger partial charge in [-0.25, -0.2) is 14.8 Å². The number of thiophene rings is 1. The van der Waals surface area contributed by atoms with Crippen LogP contribution in [0.2, 0.25) is 0 Å². The highest BCUT2D eigenvalue weighted by Crippen LogP contribution is 2.16. The summed E-state index contributed by atoms with van der Waals surface area (Å²) in [7, 11) is 0. The van der Waals surface area contributed by atoms with Crippen LogP contribution in [-0.2, 0) is 6.54 Å². The number of nitrogens with zero attached hydrogens (tertiary/aromatic N) is 2. The Morgan fingerprint density at radius 2 is 2.28 bits per heavy atom. The van der Waals surface area contributed by atoms with Crippen LogP contribution in [-0.4, -0.2) is 21.0 Å². The van der Waals surface area contributed by atoms with Gasteiger partial charge in [0, 0.05) is 11.1 Å². The van der Waals surface area contributed by atoms with E-state index in [-0.39, 0.29) is 5.56 Å². The van der Waals surface area contributed by atoms with Gasteiger partial charge in [-0.2, -0.15) is 0 Å². The predicted octanol–water partition coefficient (Wildman–Crippen LogP) is 2.47. The van der Waals surface area contributed by atoms with E-state index in [1.807, 2.05) is 12.3 Å².